The second-order valence-corrected chi connectivity index (χ2v) is 5.81. The van der Waals surface area contributed by atoms with E-state index in [9.17, 15) is 0 Å². The van der Waals surface area contributed by atoms with Crippen LogP contribution in [0.2, 0.25) is 0 Å². The molecule has 112 valence electrons. The second-order valence-electron chi connectivity index (χ2n) is 5.81. The standard InChI is InChI=1S/C17H23N3O/c1-19-9-10-20(12-15(18)17-8-5-11-21-17)16(13-19)14-6-3-2-4-7-14/h2-8,11,15-16H,9-10,12-13,18H2,1H3. The summed E-state index contributed by atoms with van der Waals surface area (Å²) in [6.07, 6.45) is 1.69. The van der Waals surface area contributed by atoms with Crippen LogP contribution >= 0.6 is 0 Å². The maximum atomic E-state index is 6.30. The molecule has 0 aliphatic carbocycles. The predicted octanol–water partition coefficient (Wildman–Crippen LogP) is 2.27. The number of hydrogen-bond acceptors (Lipinski definition) is 4. The van der Waals surface area contributed by atoms with Crippen LogP contribution in [0.15, 0.2) is 53.1 Å². The molecule has 1 saturated heterocycles. The first-order chi connectivity index (χ1) is 10.2. The Hall–Kier alpha value is -1.62. The van der Waals surface area contributed by atoms with Gasteiger partial charge in [0.15, 0.2) is 0 Å². The zero-order chi connectivity index (χ0) is 14.7. The van der Waals surface area contributed by atoms with Crippen molar-refractivity contribution in [2.24, 2.45) is 5.73 Å². The largest absolute Gasteiger partial charge is 0.468 e. The number of hydrogen-bond donors (Lipinski definition) is 1. The van der Waals surface area contributed by atoms with Gasteiger partial charge in [-0.1, -0.05) is 30.3 Å². The molecular formula is C17H23N3O. The van der Waals surface area contributed by atoms with Gasteiger partial charge >= 0.3 is 0 Å². The lowest BCUT2D eigenvalue weighted by molar-refractivity contribution is 0.0822. The predicted molar refractivity (Wildman–Crippen MR) is 83.9 cm³/mol. The molecule has 4 heteroatoms. The summed E-state index contributed by atoms with van der Waals surface area (Å²) in [6, 6.07) is 14.9. The number of rotatable bonds is 4. The molecule has 0 spiro atoms. The molecule has 0 saturated carbocycles. The van der Waals surface area contributed by atoms with Gasteiger partial charge in [-0.15, -0.1) is 0 Å². The third-order valence-electron chi connectivity index (χ3n) is 4.22. The van der Waals surface area contributed by atoms with E-state index in [-0.39, 0.29) is 6.04 Å². The number of nitrogens with zero attached hydrogens (tertiary/aromatic N) is 2. The molecule has 1 aliphatic heterocycles. The first-order valence-electron chi connectivity index (χ1n) is 7.50. The fourth-order valence-electron chi connectivity index (χ4n) is 3.01. The highest BCUT2D eigenvalue weighted by Crippen LogP contribution is 2.26. The Morgan fingerprint density at radius 1 is 1.19 bits per heavy atom. The number of benzene rings is 1. The first-order valence-corrected chi connectivity index (χ1v) is 7.50. The molecule has 2 aromatic rings. The molecular weight excluding hydrogens is 262 g/mol. The zero-order valence-electron chi connectivity index (χ0n) is 12.5. The van der Waals surface area contributed by atoms with Crippen molar-refractivity contribution in [3.05, 3.63) is 60.1 Å². The first kappa shape index (κ1) is 14.3. The summed E-state index contributed by atoms with van der Waals surface area (Å²) in [6.45, 7) is 3.97. The third kappa shape index (κ3) is 3.35. The van der Waals surface area contributed by atoms with E-state index in [2.05, 4.69) is 47.2 Å². The third-order valence-corrected chi connectivity index (χ3v) is 4.22. The van der Waals surface area contributed by atoms with E-state index >= 15 is 0 Å². The molecule has 2 unspecified atom stereocenters. The van der Waals surface area contributed by atoms with Gasteiger partial charge in [-0.05, 0) is 24.7 Å². The molecule has 3 rings (SSSR count). The van der Waals surface area contributed by atoms with E-state index in [0.29, 0.717) is 6.04 Å². The van der Waals surface area contributed by atoms with Crippen LogP contribution in [0.5, 0.6) is 0 Å². The minimum Gasteiger partial charge on any atom is -0.468 e. The van der Waals surface area contributed by atoms with E-state index in [1.807, 2.05) is 12.1 Å². The molecule has 2 heterocycles. The summed E-state index contributed by atoms with van der Waals surface area (Å²) in [4.78, 5) is 4.86. The summed E-state index contributed by atoms with van der Waals surface area (Å²) in [5.74, 6) is 0.862. The van der Waals surface area contributed by atoms with Crippen LogP contribution in [-0.4, -0.2) is 43.0 Å². The molecule has 0 bridgehead atoms. The van der Waals surface area contributed by atoms with Crippen LogP contribution in [0.1, 0.15) is 23.4 Å². The van der Waals surface area contributed by atoms with Crippen molar-refractivity contribution < 1.29 is 4.42 Å². The molecule has 1 aromatic carbocycles. The normalized spacial score (nSPS) is 22.3. The van der Waals surface area contributed by atoms with Crippen molar-refractivity contribution >= 4 is 0 Å². The molecule has 2 N–H and O–H groups in total. The summed E-state index contributed by atoms with van der Waals surface area (Å²) in [5, 5.41) is 0. The maximum absolute atomic E-state index is 6.30. The Morgan fingerprint density at radius 3 is 2.71 bits per heavy atom. The van der Waals surface area contributed by atoms with Crippen LogP contribution in [0.4, 0.5) is 0 Å². The van der Waals surface area contributed by atoms with Crippen molar-refractivity contribution in [2.75, 3.05) is 33.2 Å². The molecule has 1 aliphatic rings. The van der Waals surface area contributed by atoms with Gasteiger partial charge < -0.3 is 15.1 Å². The van der Waals surface area contributed by atoms with E-state index in [0.717, 1.165) is 31.9 Å². The Morgan fingerprint density at radius 2 is 2.00 bits per heavy atom. The van der Waals surface area contributed by atoms with E-state index in [4.69, 9.17) is 10.2 Å². The second kappa shape index (κ2) is 6.43. The Labute approximate surface area is 126 Å². The lowest BCUT2D eigenvalue weighted by atomic mass is 10.0. The van der Waals surface area contributed by atoms with Crippen molar-refractivity contribution in [1.29, 1.82) is 0 Å². The molecule has 1 aromatic heterocycles. The highest BCUT2D eigenvalue weighted by Gasteiger charge is 2.28. The topological polar surface area (TPSA) is 45.6 Å². The number of nitrogens with two attached hydrogens (primary N) is 1. The quantitative estimate of drug-likeness (QED) is 0.936. The van der Waals surface area contributed by atoms with Gasteiger partial charge in [0.05, 0.1) is 12.3 Å². The van der Waals surface area contributed by atoms with Crippen LogP contribution in [0, 0.1) is 0 Å². The fraction of sp³-hybridized carbons (Fsp3) is 0.412. The van der Waals surface area contributed by atoms with Gasteiger partial charge in [-0.25, -0.2) is 0 Å². The van der Waals surface area contributed by atoms with Crippen molar-refractivity contribution in [3.8, 4) is 0 Å². The monoisotopic (exact) mass is 285 g/mol. The Balaban J connectivity index is 1.75. The van der Waals surface area contributed by atoms with E-state index < -0.39 is 0 Å². The van der Waals surface area contributed by atoms with Gasteiger partial charge in [-0.3, -0.25) is 4.90 Å². The SMILES string of the molecule is CN1CCN(CC(N)c2ccco2)C(c2ccccc2)C1. The van der Waals surface area contributed by atoms with Gasteiger partial charge in [0, 0.05) is 32.2 Å². The highest BCUT2D eigenvalue weighted by molar-refractivity contribution is 5.20. The summed E-state index contributed by atoms with van der Waals surface area (Å²) in [5.41, 5.74) is 7.65. The van der Waals surface area contributed by atoms with Gasteiger partial charge in [0.2, 0.25) is 0 Å². The van der Waals surface area contributed by atoms with Gasteiger partial charge in [0.25, 0.3) is 0 Å². The summed E-state index contributed by atoms with van der Waals surface area (Å²) >= 11 is 0. The van der Waals surface area contributed by atoms with E-state index in [1.54, 1.807) is 6.26 Å². The molecule has 1 fully saturated rings. The number of piperazine rings is 1. The van der Waals surface area contributed by atoms with Crippen molar-refractivity contribution in [3.63, 3.8) is 0 Å². The van der Waals surface area contributed by atoms with E-state index in [1.165, 1.54) is 5.56 Å². The molecule has 0 radical (unpaired) electrons. The molecule has 21 heavy (non-hydrogen) atoms. The maximum Gasteiger partial charge on any atom is 0.121 e. The smallest absolute Gasteiger partial charge is 0.121 e. The Kier molecular flexibility index (Phi) is 4.39. The number of likely N-dealkylation sites (N-methyl/N-ethyl adjacent to an activating group) is 1. The lowest BCUT2D eigenvalue weighted by Crippen LogP contribution is -2.48. The molecule has 4 nitrogen and oxygen atoms in total. The van der Waals surface area contributed by atoms with Crippen LogP contribution in [-0.2, 0) is 0 Å². The van der Waals surface area contributed by atoms with Crippen molar-refractivity contribution in [1.82, 2.24) is 9.80 Å². The minimum absolute atomic E-state index is 0.0744. The fourth-order valence-corrected chi connectivity index (χ4v) is 3.01. The molecule has 2 atom stereocenters. The van der Waals surface area contributed by atoms with Gasteiger partial charge in [0.1, 0.15) is 5.76 Å². The average molecular weight is 285 g/mol. The minimum atomic E-state index is -0.0744. The van der Waals surface area contributed by atoms with Gasteiger partial charge in [-0.2, -0.15) is 0 Å². The molecule has 0 amide bonds. The highest BCUT2D eigenvalue weighted by atomic mass is 16.3. The summed E-state index contributed by atoms with van der Waals surface area (Å²) in [7, 11) is 2.18. The van der Waals surface area contributed by atoms with Crippen LogP contribution in [0.3, 0.4) is 0 Å². The Bertz CT molecular complexity index is 540. The average Bonchev–Trinajstić information content (AvgIpc) is 3.04. The van der Waals surface area contributed by atoms with Crippen LogP contribution in [0.25, 0.3) is 0 Å². The summed E-state index contributed by atoms with van der Waals surface area (Å²) < 4.78 is 5.44. The number of furan rings is 1. The zero-order valence-corrected chi connectivity index (χ0v) is 12.5. The van der Waals surface area contributed by atoms with Crippen molar-refractivity contribution in [2.45, 2.75) is 12.1 Å². The van der Waals surface area contributed by atoms with Crippen LogP contribution < -0.4 is 5.73 Å². The lowest BCUT2D eigenvalue weighted by Gasteiger charge is -2.41.